The van der Waals surface area contributed by atoms with Crippen LogP contribution in [0.5, 0.6) is 0 Å². The van der Waals surface area contributed by atoms with Gasteiger partial charge in [0.25, 0.3) is 0 Å². The lowest BCUT2D eigenvalue weighted by molar-refractivity contribution is 0.458. The first-order chi connectivity index (χ1) is 9.20. The van der Waals surface area contributed by atoms with Crippen molar-refractivity contribution < 1.29 is 0 Å². The monoisotopic (exact) mass is 256 g/mol. The predicted octanol–water partition coefficient (Wildman–Crippen LogP) is 5.88. The zero-order valence-electron chi connectivity index (χ0n) is 12.8. The molecule has 19 heavy (non-hydrogen) atoms. The van der Waals surface area contributed by atoms with E-state index in [9.17, 15) is 0 Å². The summed E-state index contributed by atoms with van der Waals surface area (Å²) < 4.78 is 0. The van der Waals surface area contributed by atoms with E-state index in [2.05, 4.69) is 51.1 Å². The van der Waals surface area contributed by atoms with E-state index < -0.39 is 0 Å². The van der Waals surface area contributed by atoms with E-state index in [0.717, 1.165) is 5.92 Å². The first-order valence-electron chi connectivity index (χ1n) is 7.97. The first kappa shape index (κ1) is 14.4. The van der Waals surface area contributed by atoms with Crippen molar-refractivity contribution in [1.82, 2.24) is 0 Å². The molecular formula is C19H28. The minimum atomic E-state index is 0.637. The molecule has 1 aromatic rings. The zero-order chi connectivity index (χ0) is 13.7. The normalized spacial score (nSPS) is 23.2. The first-order valence-corrected chi connectivity index (χ1v) is 7.97. The summed E-state index contributed by atoms with van der Waals surface area (Å²) in [5.41, 5.74) is 4.57. The Morgan fingerprint density at radius 1 is 1.11 bits per heavy atom. The van der Waals surface area contributed by atoms with Crippen LogP contribution in [0.1, 0.15) is 69.9 Å². The lowest BCUT2D eigenvalue weighted by Crippen LogP contribution is -2.12. The van der Waals surface area contributed by atoms with Crippen LogP contribution in [0.4, 0.5) is 0 Å². The molecule has 0 saturated heterocycles. The number of benzene rings is 1. The van der Waals surface area contributed by atoms with Crippen LogP contribution in [0.15, 0.2) is 35.9 Å². The zero-order valence-corrected chi connectivity index (χ0v) is 12.8. The highest BCUT2D eigenvalue weighted by atomic mass is 14.3. The number of unbranched alkanes of at least 4 members (excludes halogenated alkanes) is 2. The van der Waals surface area contributed by atoms with Gasteiger partial charge in [-0.2, -0.15) is 0 Å². The van der Waals surface area contributed by atoms with E-state index in [0.29, 0.717) is 5.92 Å². The maximum absolute atomic E-state index is 2.49. The fourth-order valence-corrected chi connectivity index (χ4v) is 3.10. The fourth-order valence-electron chi connectivity index (χ4n) is 3.10. The van der Waals surface area contributed by atoms with Gasteiger partial charge >= 0.3 is 0 Å². The summed E-state index contributed by atoms with van der Waals surface area (Å²) in [6.07, 6.45) is 10.3. The highest BCUT2D eigenvalue weighted by Gasteiger charge is 2.20. The molecule has 0 heteroatoms. The van der Waals surface area contributed by atoms with Gasteiger partial charge in [-0.15, -0.1) is 0 Å². The minimum absolute atomic E-state index is 0.637. The molecule has 0 aliphatic heterocycles. The molecule has 1 aliphatic carbocycles. The third-order valence-corrected chi connectivity index (χ3v) is 4.50. The van der Waals surface area contributed by atoms with Gasteiger partial charge in [0.05, 0.1) is 0 Å². The van der Waals surface area contributed by atoms with Crippen LogP contribution in [0, 0.1) is 5.92 Å². The van der Waals surface area contributed by atoms with E-state index >= 15 is 0 Å². The maximum atomic E-state index is 2.49. The largest absolute Gasteiger partial charge is 0.0778 e. The Bertz CT molecular complexity index is 410. The summed E-state index contributed by atoms with van der Waals surface area (Å²) in [5.74, 6) is 1.42. The SMILES string of the molecule is CCCCCc1ccc(C2C=C(C)CCC2C)cc1. The van der Waals surface area contributed by atoms with E-state index in [1.54, 1.807) is 5.57 Å². The number of hydrogen-bond acceptors (Lipinski definition) is 0. The van der Waals surface area contributed by atoms with Crippen LogP contribution in [0.3, 0.4) is 0 Å². The highest BCUT2D eigenvalue weighted by molar-refractivity contribution is 5.31. The number of hydrogen-bond donors (Lipinski definition) is 0. The van der Waals surface area contributed by atoms with Crippen molar-refractivity contribution in [2.75, 3.05) is 0 Å². The molecule has 0 aromatic heterocycles. The Hall–Kier alpha value is -1.04. The van der Waals surface area contributed by atoms with Crippen molar-refractivity contribution in [2.24, 2.45) is 5.92 Å². The average molecular weight is 256 g/mol. The van der Waals surface area contributed by atoms with E-state index in [-0.39, 0.29) is 0 Å². The summed E-state index contributed by atoms with van der Waals surface area (Å²) in [5, 5.41) is 0. The molecule has 0 spiro atoms. The standard InChI is InChI=1S/C19H28/c1-4-5-6-7-17-10-12-18(13-11-17)19-14-15(2)8-9-16(19)3/h10-14,16,19H,4-9H2,1-3H3. The summed E-state index contributed by atoms with van der Waals surface area (Å²) >= 11 is 0. The Morgan fingerprint density at radius 2 is 1.84 bits per heavy atom. The number of rotatable bonds is 5. The molecule has 1 aliphatic rings. The quantitative estimate of drug-likeness (QED) is 0.456. The topological polar surface area (TPSA) is 0 Å². The van der Waals surface area contributed by atoms with E-state index in [1.165, 1.54) is 49.7 Å². The third-order valence-electron chi connectivity index (χ3n) is 4.50. The van der Waals surface area contributed by atoms with Gasteiger partial charge in [0.15, 0.2) is 0 Å². The van der Waals surface area contributed by atoms with Crippen molar-refractivity contribution in [3.63, 3.8) is 0 Å². The van der Waals surface area contributed by atoms with Crippen LogP contribution in [0.2, 0.25) is 0 Å². The van der Waals surface area contributed by atoms with Gasteiger partial charge in [0, 0.05) is 5.92 Å². The second kappa shape index (κ2) is 6.93. The van der Waals surface area contributed by atoms with Crippen molar-refractivity contribution in [1.29, 1.82) is 0 Å². The lowest BCUT2D eigenvalue weighted by Gasteiger charge is -2.27. The van der Waals surface area contributed by atoms with E-state index in [1.807, 2.05) is 0 Å². The lowest BCUT2D eigenvalue weighted by atomic mass is 9.78. The molecule has 0 nitrogen and oxygen atoms in total. The molecule has 0 fully saturated rings. The Balaban J connectivity index is 2.03. The molecule has 0 radical (unpaired) electrons. The predicted molar refractivity (Wildman–Crippen MR) is 84.6 cm³/mol. The summed E-state index contributed by atoms with van der Waals surface area (Å²) in [4.78, 5) is 0. The van der Waals surface area contributed by atoms with Gasteiger partial charge < -0.3 is 0 Å². The summed E-state index contributed by atoms with van der Waals surface area (Å²) in [6.45, 7) is 6.93. The van der Waals surface area contributed by atoms with Crippen molar-refractivity contribution in [2.45, 2.75) is 65.2 Å². The van der Waals surface area contributed by atoms with Crippen LogP contribution in [-0.2, 0) is 6.42 Å². The van der Waals surface area contributed by atoms with Crippen LogP contribution in [0.25, 0.3) is 0 Å². The van der Waals surface area contributed by atoms with Crippen molar-refractivity contribution >= 4 is 0 Å². The molecule has 2 rings (SSSR count). The van der Waals surface area contributed by atoms with Gasteiger partial charge in [0.2, 0.25) is 0 Å². The molecule has 0 heterocycles. The second-order valence-corrected chi connectivity index (χ2v) is 6.25. The molecule has 0 N–H and O–H groups in total. The van der Waals surface area contributed by atoms with Crippen molar-refractivity contribution in [3.05, 3.63) is 47.0 Å². The molecule has 0 bridgehead atoms. The third kappa shape index (κ3) is 3.96. The molecule has 2 unspecified atom stereocenters. The van der Waals surface area contributed by atoms with Gasteiger partial charge in [-0.3, -0.25) is 0 Å². The molecule has 2 atom stereocenters. The number of aryl methyl sites for hydroxylation is 1. The summed E-state index contributed by atoms with van der Waals surface area (Å²) in [7, 11) is 0. The van der Waals surface area contributed by atoms with Crippen molar-refractivity contribution in [3.8, 4) is 0 Å². The summed E-state index contributed by atoms with van der Waals surface area (Å²) in [6, 6.07) is 9.40. The van der Waals surface area contributed by atoms with E-state index in [4.69, 9.17) is 0 Å². The van der Waals surface area contributed by atoms with Gasteiger partial charge in [-0.25, -0.2) is 0 Å². The van der Waals surface area contributed by atoms with Gasteiger partial charge in [-0.1, -0.05) is 62.6 Å². The second-order valence-electron chi connectivity index (χ2n) is 6.25. The maximum Gasteiger partial charge on any atom is 0.00463 e. The fraction of sp³-hybridized carbons (Fsp3) is 0.579. The molecule has 0 amide bonds. The van der Waals surface area contributed by atoms with Crippen LogP contribution >= 0.6 is 0 Å². The molecule has 1 aromatic carbocycles. The Labute approximate surface area is 118 Å². The number of allylic oxidation sites excluding steroid dienone is 2. The van der Waals surface area contributed by atoms with Crippen LogP contribution < -0.4 is 0 Å². The van der Waals surface area contributed by atoms with Gasteiger partial charge in [-0.05, 0) is 49.7 Å². The average Bonchev–Trinajstić information content (AvgIpc) is 2.43. The molecule has 0 saturated carbocycles. The smallest absolute Gasteiger partial charge is 0.00463 e. The Morgan fingerprint density at radius 3 is 2.53 bits per heavy atom. The molecular weight excluding hydrogens is 228 g/mol. The van der Waals surface area contributed by atoms with Gasteiger partial charge in [0.1, 0.15) is 0 Å². The minimum Gasteiger partial charge on any atom is -0.0778 e. The van der Waals surface area contributed by atoms with Crippen LogP contribution in [-0.4, -0.2) is 0 Å². The highest BCUT2D eigenvalue weighted by Crippen LogP contribution is 2.35. The Kier molecular flexibility index (Phi) is 5.24. The molecule has 104 valence electrons.